The standard InChI is InChI=1S/C16H25NO2/c1-4-14-8-13(10-18)9-16(17-14)19-15-6-11(2)5-12(3)7-15/h8-9,11-12,15,18H,4-7,10H2,1-3H3. The predicted octanol–water partition coefficient (Wildman–Crippen LogP) is 3.34. The third-order valence-corrected chi connectivity index (χ3v) is 3.88. The number of rotatable bonds is 4. The Balaban J connectivity index is 2.09. The van der Waals surface area contributed by atoms with Gasteiger partial charge in [0.2, 0.25) is 5.88 Å². The van der Waals surface area contributed by atoms with Crippen LogP contribution in [0.15, 0.2) is 12.1 Å². The number of ether oxygens (including phenoxy) is 1. The summed E-state index contributed by atoms with van der Waals surface area (Å²) in [6.07, 6.45) is 4.64. The summed E-state index contributed by atoms with van der Waals surface area (Å²) < 4.78 is 6.06. The Labute approximate surface area is 116 Å². The van der Waals surface area contributed by atoms with Crippen LogP contribution in [0.25, 0.3) is 0 Å². The van der Waals surface area contributed by atoms with Crippen molar-refractivity contribution in [1.29, 1.82) is 0 Å². The van der Waals surface area contributed by atoms with Crippen molar-refractivity contribution in [2.24, 2.45) is 11.8 Å². The summed E-state index contributed by atoms with van der Waals surface area (Å²) >= 11 is 0. The molecule has 1 aromatic heterocycles. The zero-order chi connectivity index (χ0) is 13.8. The molecule has 0 saturated heterocycles. The molecule has 0 amide bonds. The summed E-state index contributed by atoms with van der Waals surface area (Å²) in [5.41, 5.74) is 1.87. The first-order valence-corrected chi connectivity index (χ1v) is 7.38. The molecule has 2 atom stereocenters. The van der Waals surface area contributed by atoms with Gasteiger partial charge in [0.1, 0.15) is 6.10 Å². The summed E-state index contributed by atoms with van der Waals surface area (Å²) in [5, 5.41) is 9.29. The van der Waals surface area contributed by atoms with Gasteiger partial charge in [-0.15, -0.1) is 0 Å². The van der Waals surface area contributed by atoms with Crippen molar-refractivity contribution in [1.82, 2.24) is 4.98 Å². The minimum atomic E-state index is 0.0450. The smallest absolute Gasteiger partial charge is 0.214 e. The summed E-state index contributed by atoms with van der Waals surface area (Å²) in [5.74, 6) is 2.12. The van der Waals surface area contributed by atoms with Gasteiger partial charge in [-0.3, -0.25) is 0 Å². The monoisotopic (exact) mass is 263 g/mol. The lowest BCUT2D eigenvalue weighted by molar-refractivity contribution is 0.0962. The molecule has 0 bridgehead atoms. The lowest BCUT2D eigenvalue weighted by Gasteiger charge is -2.31. The van der Waals surface area contributed by atoms with Gasteiger partial charge in [0.25, 0.3) is 0 Å². The first kappa shape index (κ1) is 14.3. The molecule has 0 aliphatic heterocycles. The first-order valence-electron chi connectivity index (χ1n) is 7.38. The number of hydrogen-bond donors (Lipinski definition) is 1. The van der Waals surface area contributed by atoms with Gasteiger partial charge < -0.3 is 9.84 Å². The van der Waals surface area contributed by atoms with E-state index < -0.39 is 0 Å². The molecule has 0 radical (unpaired) electrons. The number of aliphatic hydroxyl groups is 1. The van der Waals surface area contributed by atoms with Crippen molar-refractivity contribution < 1.29 is 9.84 Å². The Morgan fingerprint density at radius 3 is 2.47 bits per heavy atom. The largest absolute Gasteiger partial charge is 0.474 e. The molecule has 1 saturated carbocycles. The fraction of sp³-hybridized carbons (Fsp3) is 0.688. The molecule has 106 valence electrons. The van der Waals surface area contributed by atoms with Crippen LogP contribution in [0.1, 0.15) is 51.3 Å². The zero-order valence-electron chi connectivity index (χ0n) is 12.2. The maximum atomic E-state index is 9.29. The molecule has 19 heavy (non-hydrogen) atoms. The molecule has 1 N–H and O–H groups in total. The second-order valence-electron chi connectivity index (χ2n) is 5.97. The summed E-state index contributed by atoms with van der Waals surface area (Å²) in [6, 6.07) is 3.81. The van der Waals surface area contributed by atoms with E-state index in [-0.39, 0.29) is 12.7 Å². The minimum absolute atomic E-state index is 0.0450. The Morgan fingerprint density at radius 2 is 1.89 bits per heavy atom. The molecule has 0 spiro atoms. The van der Waals surface area contributed by atoms with Crippen molar-refractivity contribution in [3.05, 3.63) is 23.4 Å². The highest BCUT2D eigenvalue weighted by Crippen LogP contribution is 2.31. The Hall–Kier alpha value is -1.09. The molecule has 1 heterocycles. The normalized spacial score (nSPS) is 27.3. The first-order chi connectivity index (χ1) is 9.10. The number of aliphatic hydroxyl groups excluding tert-OH is 1. The van der Waals surface area contributed by atoms with Gasteiger partial charge in [0.15, 0.2) is 0 Å². The minimum Gasteiger partial charge on any atom is -0.474 e. The van der Waals surface area contributed by atoms with E-state index in [1.807, 2.05) is 12.1 Å². The van der Waals surface area contributed by atoms with E-state index in [0.29, 0.717) is 5.88 Å². The molecule has 0 aromatic carbocycles. The third kappa shape index (κ3) is 3.93. The average Bonchev–Trinajstić information content (AvgIpc) is 2.37. The third-order valence-electron chi connectivity index (χ3n) is 3.88. The molecule has 1 aromatic rings. The van der Waals surface area contributed by atoms with E-state index in [9.17, 15) is 5.11 Å². The molecular formula is C16H25NO2. The van der Waals surface area contributed by atoms with Crippen LogP contribution in [-0.2, 0) is 13.0 Å². The fourth-order valence-electron chi connectivity index (χ4n) is 3.09. The van der Waals surface area contributed by atoms with Crippen molar-refractivity contribution >= 4 is 0 Å². The fourth-order valence-corrected chi connectivity index (χ4v) is 3.09. The molecule has 2 unspecified atom stereocenters. The van der Waals surface area contributed by atoms with E-state index in [2.05, 4.69) is 25.8 Å². The van der Waals surface area contributed by atoms with Crippen LogP contribution in [0.5, 0.6) is 5.88 Å². The van der Waals surface area contributed by atoms with Crippen LogP contribution < -0.4 is 4.74 Å². The van der Waals surface area contributed by atoms with E-state index in [1.54, 1.807) is 0 Å². The summed E-state index contributed by atoms with van der Waals surface area (Å²) in [4.78, 5) is 4.51. The SMILES string of the molecule is CCc1cc(CO)cc(OC2CC(C)CC(C)C2)n1. The second kappa shape index (κ2) is 6.38. The van der Waals surface area contributed by atoms with Crippen LogP contribution in [-0.4, -0.2) is 16.2 Å². The number of aryl methyl sites for hydroxylation is 1. The maximum Gasteiger partial charge on any atom is 0.214 e. The predicted molar refractivity (Wildman–Crippen MR) is 76.1 cm³/mol. The Kier molecular flexibility index (Phi) is 4.81. The van der Waals surface area contributed by atoms with Crippen molar-refractivity contribution in [3.63, 3.8) is 0 Å². The van der Waals surface area contributed by atoms with Crippen LogP contribution in [0.2, 0.25) is 0 Å². The van der Waals surface area contributed by atoms with Crippen LogP contribution in [0, 0.1) is 11.8 Å². The number of nitrogens with zero attached hydrogens (tertiary/aromatic N) is 1. The highest BCUT2D eigenvalue weighted by atomic mass is 16.5. The zero-order valence-corrected chi connectivity index (χ0v) is 12.2. The van der Waals surface area contributed by atoms with E-state index >= 15 is 0 Å². The molecule has 3 heteroatoms. The van der Waals surface area contributed by atoms with Crippen molar-refractivity contribution in [3.8, 4) is 5.88 Å². The van der Waals surface area contributed by atoms with Gasteiger partial charge in [0, 0.05) is 11.8 Å². The van der Waals surface area contributed by atoms with Gasteiger partial charge in [-0.25, -0.2) is 4.98 Å². The van der Waals surface area contributed by atoms with Crippen LogP contribution >= 0.6 is 0 Å². The van der Waals surface area contributed by atoms with Gasteiger partial charge in [-0.1, -0.05) is 20.8 Å². The quantitative estimate of drug-likeness (QED) is 0.906. The lowest BCUT2D eigenvalue weighted by Crippen LogP contribution is -2.28. The van der Waals surface area contributed by atoms with Gasteiger partial charge in [-0.05, 0) is 49.1 Å². The average molecular weight is 263 g/mol. The molecule has 3 nitrogen and oxygen atoms in total. The van der Waals surface area contributed by atoms with Crippen LogP contribution in [0.3, 0.4) is 0 Å². The summed E-state index contributed by atoms with van der Waals surface area (Å²) in [7, 11) is 0. The lowest BCUT2D eigenvalue weighted by atomic mass is 9.82. The summed E-state index contributed by atoms with van der Waals surface area (Å²) in [6.45, 7) is 6.70. The number of hydrogen-bond acceptors (Lipinski definition) is 3. The molecular weight excluding hydrogens is 238 g/mol. The molecule has 1 fully saturated rings. The molecule has 1 aliphatic rings. The van der Waals surface area contributed by atoms with Crippen LogP contribution in [0.4, 0.5) is 0 Å². The molecule has 2 rings (SSSR count). The topological polar surface area (TPSA) is 42.4 Å². The van der Waals surface area contributed by atoms with Crippen molar-refractivity contribution in [2.75, 3.05) is 0 Å². The number of pyridine rings is 1. The second-order valence-corrected chi connectivity index (χ2v) is 5.97. The Bertz CT molecular complexity index is 387. The van der Waals surface area contributed by atoms with Crippen molar-refractivity contribution in [2.45, 2.75) is 59.2 Å². The van der Waals surface area contributed by atoms with E-state index in [1.165, 1.54) is 6.42 Å². The molecule has 1 aliphatic carbocycles. The van der Waals surface area contributed by atoms with E-state index in [4.69, 9.17) is 4.74 Å². The van der Waals surface area contributed by atoms with Gasteiger partial charge in [0.05, 0.1) is 6.61 Å². The number of aromatic nitrogens is 1. The Morgan fingerprint density at radius 1 is 1.21 bits per heavy atom. The highest BCUT2D eigenvalue weighted by molar-refractivity contribution is 5.25. The van der Waals surface area contributed by atoms with Gasteiger partial charge >= 0.3 is 0 Å². The maximum absolute atomic E-state index is 9.29. The van der Waals surface area contributed by atoms with E-state index in [0.717, 1.165) is 42.4 Å². The van der Waals surface area contributed by atoms with Gasteiger partial charge in [-0.2, -0.15) is 0 Å². The highest BCUT2D eigenvalue weighted by Gasteiger charge is 2.25.